The smallest absolute Gasteiger partial charge is 0.315 e. The van der Waals surface area contributed by atoms with E-state index in [-0.39, 0.29) is 24.3 Å². The molecule has 1 fully saturated rings. The van der Waals surface area contributed by atoms with Crippen molar-refractivity contribution in [3.8, 4) is 0 Å². The summed E-state index contributed by atoms with van der Waals surface area (Å²) in [6.07, 6.45) is 3.38. The molecule has 0 aromatic heterocycles. The summed E-state index contributed by atoms with van der Waals surface area (Å²) < 4.78 is 5.67. The largest absolute Gasteiger partial charge is 0.396 e. The molecule has 22 heavy (non-hydrogen) atoms. The number of benzene rings is 1. The second kappa shape index (κ2) is 8.15. The Labute approximate surface area is 132 Å². The summed E-state index contributed by atoms with van der Waals surface area (Å²) in [7, 11) is 0. The van der Waals surface area contributed by atoms with E-state index in [4.69, 9.17) is 9.84 Å². The van der Waals surface area contributed by atoms with E-state index < -0.39 is 0 Å². The molecule has 3 N–H and O–H groups in total. The van der Waals surface area contributed by atoms with Crippen molar-refractivity contribution in [1.29, 1.82) is 0 Å². The summed E-state index contributed by atoms with van der Waals surface area (Å²) in [4.78, 5) is 12.1. The van der Waals surface area contributed by atoms with Crippen LogP contribution in [-0.2, 0) is 4.74 Å². The fourth-order valence-electron chi connectivity index (χ4n) is 2.76. The van der Waals surface area contributed by atoms with Gasteiger partial charge in [-0.3, -0.25) is 0 Å². The lowest BCUT2D eigenvalue weighted by atomic mass is 10.0. The quantitative estimate of drug-likeness (QED) is 0.724. The van der Waals surface area contributed by atoms with Gasteiger partial charge in [0.15, 0.2) is 0 Å². The Balaban J connectivity index is 1.87. The van der Waals surface area contributed by atoms with Gasteiger partial charge in [0.25, 0.3) is 0 Å². The first-order chi connectivity index (χ1) is 10.6. The molecular weight excluding hydrogens is 280 g/mol. The van der Waals surface area contributed by atoms with Gasteiger partial charge >= 0.3 is 6.03 Å². The number of carbonyl (C=O) groups is 1. The maximum absolute atomic E-state index is 12.1. The van der Waals surface area contributed by atoms with E-state index in [1.165, 1.54) is 0 Å². The molecule has 0 spiro atoms. The second-order valence-corrected chi connectivity index (χ2v) is 6.06. The van der Waals surface area contributed by atoms with Gasteiger partial charge in [-0.25, -0.2) is 4.79 Å². The standard InChI is InChI=1S/C17H26N2O3/c1-17(10-6-12-22-17)13-18-16(21)19-15(9-5-11-20)14-7-3-2-4-8-14/h2-4,7-8,15,20H,5-6,9-13H2,1H3,(H2,18,19,21). The molecule has 0 aliphatic carbocycles. The molecule has 5 heteroatoms. The monoisotopic (exact) mass is 306 g/mol. The zero-order valence-corrected chi connectivity index (χ0v) is 13.2. The highest BCUT2D eigenvalue weighted by Crippen LogP contribution is 2.24. The average molecular weight is 306 g/mol. The van der Waals surface area contributed by atoms with Crippen molar-refractivity contribution >= 4 is 6.03 Å². The summed E-state index contributed by atoms with van der Waals surface area (Å²) in [6, 6.07) is 9.55. The minimum atomic E-state index is -0.245. The Bertz CT molecular complexity index is 458. The topological polar surface area (TPSA) is 70.6 Å². The van der Waals surface area contributed by atoms with Gasteiger partial charge in [0.2, 0.25) is 0 Å². The number of amides is 2. The molecule has 1 aromatic rings. The molecule has 0 saturated carbocycles. The first kappa shape index (κ1) is 16.8. The summed E-state index contributed by atoms with van der Waals surface area (Å²) in [5.41, 5.74) is 0.805. The van der Waals surface area contributed by atoms with Crippen LogP contribution in [0.25, 0.3) is 0 Å². The maximum atomic E-state index is 12.1. The molecule has 2 atom stereocenters. The summed E-state index contributed by atoms with van der Waals surface area (Å²) >= 11 is 0. The van der Waals surface area contributed by atoms with Gasteiger partial charge in [0, 0.05) is 19.8 Å². The van der Waals surface area contributed by atoms with E-state index in [2.05, 4.69) is 10.6 Å². The van der Waals surface area contributed by atoms with Crippen molar-refractivity contribution in [1.82, 2.24) is 10.6 Å². The van der Waals surface area contributed by atoms with E-state index in [0.29, 0.717) is 19.4 Å². The highest BCUT2D eigenvalue weighted by atomic mass is 16.5. The van der Waals surface area contributed by atoms with Crippen LogP contribution in [0.15, 0.2) is 30.3 Å². The molecule has 122 valence electrons. The third-order valence-electron chi connectivity index (χ3n) is 4.08. The molecule has 1 aromatic carbocycles. The fourth-order valence-corrected chi connectivity index (χ4v) is 2.76. The van der Waals surface area contributed by atoms with Crippen LogP contribution in [0, 0.1) is 0 Å². The van der Waals surface area contributed by atoms with Crippen molar-refractivity contribution < 1.29 is 14.6 Å². The van der Waals surface area contributed by atoms with Crippen molar-refractivity contribution in [3.63, 3.8) is 0 Å². The maximum Gasteiger partial charge on any atom is 0.315 e. The highest BCUT2D eigenvalue weighted by Gasteiger charge is 2.30. The molecule has 1 aliphatic rings. The molecule has 1 heterocycles. The van der Waals surface area contributed by atoms with Gasteiger partial charge in [-0.05, 0) is 38.2 Å². The molecule has 2 unspecified atom stereocenters. The lowest BCUT2D eigenvalue weighted by molar-refractivity contribution is 0.0228. The molecule has 0 bridgehead atoms. The number of ether oxygens (including phenoxy) is 1. The van der Waals surface area contributed by atoms with Crippen LogP contribution in [0.1, 0.15) is 44.2 Å². The minimum Gasteiger partial charge on any atom is -0.396 e. The highest BCUT2D eigenvalue weighted by molar-refractivity contribution is 5.74. The zero-order valence-electron chi connectivity index (χ0n) is 13.2. The van der Waals surface area contributed by atoms with Gasteiger partial charge in [-0.1, -0.05) is 30.3 Å². The molecule has 2 rings (SSSR count). The summed E-state index contributed by atoms with van der Waals surface area (Å²) in [6.45, 7) is 3.43. The van der Waals surface area contributed by atoms with Crippen LogP contribution in [-0.4, -0.2) is 36.5 Å². The van der Waals surface area contributed by atoms with Gasteiger partial charge in [-0.2, -0.15) is 0 Å². The van der Waals surface area contributed by atoms with Crippen molar-refractivity contribution in [2.24, 2.45) is 0 Å². The van der Waals surface area contributed by atoms with Crippen LogP contribution >= 0.6 is 0 Å². The normalized spacial score (nSPS) is 22.3. The lowest BCUT2D eigenvalue weighted by Crippen LogP contribution is -2.45. The Morgan fingerprint density at radius 3 is 2.82 bits per heavy atom. The third-order valence-corrected chi connectivity index (χ3v) is 4.08. The predicted molar refractivity (Wildman–Crippen MR) is 85.6 cm³/mol. The molecule has 1 aliphatic heterocycles. The number of aliphatic hydroxyl groups excluding tert-OH is 1. The van der Waals surface area contributed by atoms with E-state index >= 15 is 0 Å². The first-order valence-electron chi connectivity index (χ1n) is 7.97. The number of nitrogens with one attached hydrogen (secondary N) is 2. The van der Waals surface area contributed by atoms with Crippen molar-refractivity contribution in [3.05, 3.63) is 35.9 Å². The first-order valence-corrected chi connectivity index (χ1v) is 7.97. The molecular formula is C17H26N2O3. The third kappa shape index (κ3) is 5.00. The zero-order chi connectivity index (χ0) is 15.8. The second-order valence-electron chi connectivity index (χ2n) is 6.06. The number of hydrogen-bond donors (Lipinski definition) is 3. The molecule has 1 saturated heterocycles. The van der Waals surface area contributed by atoms with Crippen LogP contribution in [0.3, 0.4) is 0 Å². The van der Waals surface area contributed by atoms with Gasteiger partial charge in [-0.15, -0.1) is 0 Å². The van der Waals surface area contributed by atoms with E-state index in [1.54, 1.807) is 0 Å². The van der Waals surface area contributed by atoms with Crippen LogP contribution in [0.2, 0.25) is 0 Å². The predicted octanol–water partition coefficient (Wildman–Crippen LogP) is 2.37. The van der Waals surface area contributed by atoms with Crippen LogP contribution in [0.5, 0.6) is 0 Å². The summed E-state index contributed by atoms with van der Waals surface area (Å²) in [5, 5.41) is 14.9. The Kier molecular flexibility index (Phi) is 6.21. The number of aliphatic hydroxyl groups is 1. The van der Waals surface area contributed by atoms with Gasteiger partial charge in [0.05, 0.1) is 11.6 Å². The summed E-state index contributed by atoms with van der Waals surface area (Å²) in [5.74, 6) is 0. The van der Waals surface area contributed by atoms with E-state index in [0.717, 1.165) is 25.0 Å². The van der Waals surface area contributed by atoms with Crippen molar-refractivity contribution in [2.45, 2.75) is 44.2 Å². The van der Waals surface area contributed by atoms with Crippen molar-refractivity contribution in [2.75, 3.05) is 19.8 Å². The Morgan fingerprint density at radius 2 is 2.18 bits per heavy atom. The van der Waals surface area contributed by atoms with E-state index in [1.807, 2.05) is 37.3 Å². The van der Waals surface area contributed by atoms with Crippen LogP contribution in [0.4, 0.5) is 4.79 Å². The lowest BCUT2D eigenvalue weighted by Gasteiger charge is -2.25. The Morgan fingerprint density at radius 1 is 1.41 bits per heavy atom. The number of carbonyl (C=O) groups excluding carboxylic acids is 1. The van der Waals surface area contributed by atoms with Crippen LogP contribution < -0.4 is 10.6 Å². The average Bonchev–Trinajstić information content (AvgIpc) is 2.97. The minimum absolute atomic E-state index is 0.0920. The number of urea groups is 1. The number of rotatable bonds is 7. The van der Waals surface area contributed by atoms with Gasteiger partial charge < -0.3 is 20.5 Å². The molecule has 5 nitrogen and oxygen atoms in total. The van der Waals surface area contributed by atoms with E-state index in [9.17, 15) is 4.79 Å². The number of hydrogen-bond acceptors (Lipinski definition) is 3. The molecule has 0 radical (unpaired) electrons. The van der Waals surface area contributed by atoms with Gasteiger partial charge in [0.1, 0.15) is 0 Å². The fraction of sp³-hybridized carbons (Fsp3) is 0.588. The Hall–Kier alpha value is -1.59. The molecule has 2 amide bonds. The SMILES string of the molecule is CC1(CNC(=O)NC(CCCO)c2ccccc2)CCCO1.